The molecule has 0 bridgehead atoms. The molecule has 1 rings (SSSR count). The third-order valence-electron chi connectivity index (χ3n) is 1.24. The Morgan fingerprint density at radius 2 is 2.56 bits per heavy atom. The van der Waals surface area contributed by atoms with Gasteiger partial charge in [-0.05, 0) is 18.9 Å². The molecule has 2 nitrogen and oxygen atoms in total. The van der Waals surface area contributed by atoms with Gasteiger partial charge in [-0.2, -0.15) is 5.10 Å². The summed E-state index contributed by atoms with van der Waals surface area (Å²) in [5.41, 5.74) is 3.95. The van der Waals surface area contributed by atoms with E-state index < -0.39 is 0 Å². The average molecular weight is 122 g/mol. The van der Waals surface area contributed by atoms with Gasteiger partial charge in [0.2, 0.25) is 0 Å². The summed E-state index contributed by atoms with van der Waals surface area (Å²) in [5.74, 6) is 0. The number of nitrogens with zero attached hydrogens (tertiary/aromatic N) is 1. The minimum atomic E-state index is 1.05. The van der Waals surface area contributed by atoms with Crippen LogP contribution in [-0.2, 0) is 0 Å². The predicted molar refractivity (Wildman–Crippen MR) is 39.1 cm³/mol. The number of allylic oxidation sites excluding steroid dienone is 4. The Bertz CT molecular complexity index is 156. The lowest BCUT2D eigenvalue weighted by molar-refractivity contribution is 0.796. The summed E-state index contributed by atoms with van der Waals surface area (Å²) in [5, 5.41) is 3.56. The largest absolute Gasteiger partial charge is 0.283 e. The normalized spacial score (nSPS) is 16.7. The van der Waals surface area contributed by atoms with Crippen LogP contribution in [0.4, 0.5) is 0 Å². The van der Waals surface area contributed by atoms with Crippen molar-refractivity contribution in [3.8, 4) is 0 Å². The number of hydrogen-bond donors (Lipinski definition) is 1. The Morgan fingerprint density at radius 1 is 1.67 bits per heavy atom. The Hall–Kier alpha value is -1.05. The first-order chi connectivity index (χ1) is 4.43. The molecule has 0 unspecified atom stereocenters. The van der Waals surface area contributed by atoms with Gasteiger partial charge in [-0.3, -0.25) is 5.43 Å². The SMILES string of the molecule is C=NNC1=CC=CCC1. The number of hydrogen-bond acceptors (Lipinski definition) is 2. The summed E-state index contributed by atoms with van der Waals surface area (Å²) in [6.45, 7) is 3.33. The molecular formula is C7H10N2. The fraction of sp³-hybridized carbons (Fsp3) is 0.286. The van der Waals surface area contributed by atoms with Crippen molar-refractivity contribution in [2.24, 2.45) is 5.10 Å². The van der Waals surface area contributed by atoms with Crippen LogP contribution in [0.25, 0.3) is 0 Å². The molecule has 0 saturated carbocycles. The monoisotopic (exact) mass is 122 g/mol. The predicted octanol–water partition coefficient (Wildman–Crippen LogP) is 1.43. The van der Waals surface area contributed by atoms with Gasteiger partial charge in [0.15, 0.2) is 0 Å². The smallest absolute Gasteiger partial charge is 0.0338 e. The van der Waals surface area contributed by atoms with E-state index >= 15 is 0 Å². The highest BCUT2D eigenvalue weighted by Crippen LogP contribution is 2.07. The second-order valence-corrected chi connectivity index (χ2v) is 1.93. The van der Waals surface area contributed by atoms with Gasteiger partial charge in [-0.15, -0.1) is 0 Å². The molecule has 48 valence electrons. The molecule has 0 aromatic rings. The lowest BCUT2D eigenvalue weighted by Gasteiger charge is -2.05. The Balaban J connectivity index is 2.47. The molecule has 0 aliphatic heterocycles. The minimum Gasteiger partial charge on any atom is -0.283 e. The molecule has 0 amide bonds. The molecule has 0 spiro atoms. The summed E-state index contributed by atoms with van der Waals surface area (Å²) in [6, 6.07) is 0. The molecule has 0 aromatic heterocycles. The summed E-state index contributed by atoms with van der Waals surface area (Å²) < 4.78 is 0. The van der Waals surface area contributed by atoms with Crippen molar-refractivity contribution >= 4 is 6.72 Å². The van der Waals surface area contributed by atoms with E-state index in [0.29, 0.717) is 0 Å². The zero-order valence-corrected chi connectivity index (χ0v) is 5.30. The lowest BCUT2D eigenvalue weighted by Crippen LogP contribution is -2.04. The second kappa shape index (κ2) is 3.07. The minimum absolute atomic E-state index is 1.05. The molecule has 0 radical (unpaired) electrons. The van der Waals surface area contributed by atoms with Crippen molar-refractivity contribution in [1.29, 1.82) is 0 Å². The standard InChI is InChI=1S/C7H10N2/c1-8-9-7-5-3-2-4-6-7/h2-3,5,9H,1,4,6H2. The highest BCUT2D eigenvalue weighted by atomic mass is 15.3. The molecule has 1 N–H and O–H groups in total. The van der Waals surface area contributed by atoms with Gasteiger partial charge in [0.25, 0.3) is 0 Å². The van der Waals surface area contributed by atoms with Crippen LogP contribution in [0, 0.1) is 0 Å². The van der Waals surface area contributed by atoms with Crippen molar-refractivity contribution in [2.45, 2.75) is 12.8 Å². The summed E-state index contributed by atoms with van der Waals surface area (Å²) in [7, 11) is 0. The van der Waals surface area contributed by atoms with E-state index in [1.54, 1.807) is 0 Å². The molecule has 1 aliphatic rings. The fourth-order valence-corrected chi connectivity index (χ4v) is 0.797. The quantitative estimate of drug-likeness (QED) is 0.435. The van der Waals surface area contributed by atoms with Gasteiger partial charge in [0.1, 0.15) is 0 Å². The van der Waals surface area contributed by atoms with Crippen molar-refractivity contribution in [1.82, 2.24) is 5.43 Å². The summed E-state index contributed by atoms with van der Waals surface area (Å²) >= 11 is 0. The fourth-order valence-electron chi connectivity index (χ4n) is 0.797. The molecule has 9 heavy (non-hydrogen) atoms. The van der Waals surface area contributed by atoms with E-state index in [0.717, 1.165) is 18.5 Å². The molecule has 0 atom stereocenters. The van der Waals surface area contributed by atoms with E-state index in [9.17, 15) is 0 Å². The van der Waals surface area contributed by atoms with Crippen LogP contribution in [0.1, 0.15) is 12.8 Å². The molecular weight excluding hydrogens is 112 g/mol. The van der Waals surface area contributed by atoms with Crippen LogP contribution in [0.2, 0.25) is 0 Å². The molecule has 0 aromatic carbocycles. The van der Waals surface area contributed by atoms with Crippen molar-refractivity contribution in [3.05, 3.63) is 23.9 Å². The van der Waals surface area contributed by atoms with Crippen molar-refractivity contribution < 1.29 is 0 Å². The van der Waals surface area contributed by atoms with Gasteiger partial charge in [0, 0.05) is 12.4 Å². The molecule has 0 heterocycles. The second-order valence-electron chi connectivity index (χ2n) is 1.93. The Labute approximate surface area is 55.0 Å². The number of rotatable bonds is 2. The first kappa shape index (κ1) is 6.08. The highest BCUT2D eigenvalue weighted by Gasteiger charge is 1.94. The van der Waals surface area contributed by atoms with Gasteiger partial charge < -0.3 is 0 Å². The van der Waals surface area contributed by atoms with Crippen LogP contribution < -0.4 is 5.43 Å². The maximum absolute atomic E-state index is 3.56. The molecule has 2 heteroatoms. The highest BCUT2D eigenvalue weighted by molar-refractivity contribution is 5.24. The molecule has 1 aliphatic carbocycles. The maximum Gasteiger partial charge on any atom is 0.0338 e. The third-order valence-corrected chi connectivity index (χ3v) is 1.24. The van der Waals surface area contributed by atoms with Gasteiger partial charge >= 0.3 is 0 Å². The van der Waals surface area contributed by atoms with E-state index in [-0.39, 0.29) is 0 Å². The lowest BCUT2D eigenvalue weighted by atomic mass is 10.1. The number of nitrogens with one attached hydrogen (secondary N) is 1. The zero-order chi connectivity index (χ0) is 6.53. The van der Waals surface area contributed by atoms with E-state index in [2.05, 4.69) is 23.3 Å². The first-order valence-corrected chi connectivity index (χ1v) is 3.01. The summed E-state index contributed by atoms with van der Waals surface area (Å²) in [6.07, 6.45) is 8.33. The van der Waals surface area contributed by atoms with Crippen molar-refractivity contribution in [2.75, 3.05) is 0 Å². The van der Waals surface area contributed by atoms with Crippen LogP contribution >= 0.6 is 0 Å². The summed E-state index contributed by atoms with van der Waals surface area (Å²) in [4.78, 5) is 0. The average Bonchev–Trinajstić information content (AvgIpc) is 1.91. The Morgan fingerprint density at radius 3 is 3.11 bits per heavy atom. The molecule has 0 fully saturated rings. The van der Waals surface area contributed by atoms with Crippen LogP contribution in [0.3, 0.4) is 0 Å². The first-order valence-electron chi connectivity index (χ1n) is 3.01. The van der Waals surface area contributed by atoms with Crippen molar-refractivity contribution in [3.63, 3.8) is 0 Å². The van der Waals surface area contributed by atoms with E-state index in [1.165, 1.54) is 0 Å². The van der Waals surface area contributed by atoms with Crippen LogP contribution in [0.15, 0.2) is 29.0 Å². The maximum atomic E-state index is 3.56. The van der Waals surface area contributed by atoms with Gasteiger partial charge in [0.05, 0.1) is 0 Å². The van der Waals surface area contributed by atoms with Crippen LogP contribution in [-0.4, -0.2) is 6.72 Å². The van der Waals surface area contributed by atoms with Crippen LogP contribution in [0.5, 0.6) is 0 Å². The third kappa shape index (κ3) is 1.72. The van der Waals surface area contributed by atoms with E-state index in [1.807, 2.05) is 12.2 Å². The topological polar surface area (TPSA) is 24.4 Å². The Kier molecular flexibility index (Phi) is 2.07. The van der Waals surface area contributed by atoms with E-state index in [4.69, 9.17) is 0 Å². The molecule has 0 saturated heterocycles. The van der Waals surface area contributed by atoms with Gasteiger partial charge in [-0.1, -0.05) is 12.2 Å². The zero-order valence-electron chi connectivity index (χ0n) is 5.30. The number of hydrazone groups is 1. The van der Waals surface area contributed by atoms with Gasteiger partial charge in [-0.25, -0.2) is 0 Å².